The van der Waals surface area contributed by atoms with E-state index in [2.05, 4.69) is 29.6 Å². The van der Waals surface area contributed by atoms with Crippen LogP contribution in [0, 0.1) is 0 Å². The number of esters is 1. The van der Waals surface area contributed by atoms with Gasteiger partial charge in [0.2, 0.25) is 0 Å². The molecule has 0 unspecified atom stereocenters. The Morgan fingerprint density at radius 3 is 2.56 bits per heavy atom. The normalized spacial score (nSPS) is 10.6. The minimum Gasteiger partial charge on any atom is -0.469 e. The Kier molecular flexibility index (Phi) is 8.67. The van der Waals surface area contributed by atoms with E-state index in [1.54, 1.807) is 6.26 Å². The average molecular weight is 343 g/mol. The predicted molar refractivity (Wildman–Crippen MR) is 101 cm³/mol. The van der Waals surface area contributed by atoms with E-state index in [0.717, 1.165) is 36.4 Å². The lowest BCUT2D eigenvalue weighted by Crippen LogP contribution is -2.05. The molecule has 0 aliphatic carbocycles. The summed E-state index contributed by atoms with van der Waals surface area (Å²) in [5.41, 5.74) is 2.30. The van der Waals surface area contributed by atoms with Gasteiger partial charge in [0, 0.05) is 25.1 Å². The van der Waals surface area contributed by atoms with Crippen LogP contribution in [-0.4, -0.2) is 19.1 Å². The van der Waals surface area contributed by atoms with Crippen LogP contribution in [0.5, 0.6) is 0 Å². The SMILES string of the molecule is CCOC(=O)CCc1ccc(NCCCCCCc2ccco2)cc1. The number of hydrogen-bond acceptors (Lipinski definition) is 4. The number of unbranched alkanes of at least 4 members (excludes halogenated alkanes) is 3. The molecule has 0 saturated carbocycles. The van der Waals surface area contributed by atoms with Crippen LogP contribution in [0.2, 0.25) is 0 Å². The lowest BCUT2D eigenvalue weighted by molar-refractivity contribution is -0.143. The third-order valence-electron chi connectivity index (χ3n) is 4.14. The summed E-state index contributed by atoms with van der Waals surface area (Å²) in [4.78, 5) is 11.4. The van der Waals surface area contributed by atoms with E-state index >= 15 is 0 Å². The Labute approximate surface area is 150 Å². The number of anilines is 1. The molecule has 0 saturated heterocycles. The molecular formula is C21H29NO3. The van der Waals surface area contributed by atoms with Crippen LogP contribution in [0.1, 0.15) is 50.4 Å². The molecule has 0 atom stereocenters. The highest BCUT2D eigenvalue weighted by Gasteiger charge is 2.02. The number of hydrogen-bond donors (Lipinski definition) is 1. The minimum absolute atomic E-state index is 0.128. The maximum absolute atomic E-state index is 11.4. The molecule has 4 heteroatoms. The molecule has 1 aromatic carbocycles. The second-order valence-corrected chi connectivity index (χ2v) is 6.17. The van der Waals surface area contributed by atoms with Gasteiger partial charge in [-0.2, -0.15) is 0 Å². The molecule has 2 aromatic rings. The molecule has 0 fully saturated rings. The van der Waals surface area contributed by atoms with Gasteiger partial charge < -0.3 is 14.5 Å². The van der Waals surface area contributed by atoms with E-state index in [0.29, 0.717) is 13.0 Å². The van der Waals surface area contributed by atoms with Crippen LogP contribution >= 0.6 is 0 Å². The molecule has 25 heavy (non-hydrogen) atoms. The summed E-state index contributed by atoms with van der Waals surface area (Å²) in [6.07, 6.45) is 8.76. The van der Waals surface area contributed by atoms with Crippen LogP contribution in [0.4, 0.5) is 5.69 Å². The number of rotatable bonds is 12. The average Bonchev–Trinajstić information content (AvgIpc) is 3.14. The van der Waals surface area contributed by atoms with Gasteiger partial charge in [-0.1, -0.05) is 25.0 Å². The molecule has 4 nitrogen and oxygen atoms in total. The Bertz CT molecular complexity index is 590. The largest absolute Gasteiger partial charge is 0.469 e. The van der Waals surface area contributed by atoms with Gasteiger partial charge in [-0.25, -0.2) is 0 Å². The van der Waals surface area contributed by atoms with E-state index < -0.39 is 0 Å². The van der Waals surface area contributed by atoms with Gasteiger partial charge in [0.15, 0.2) is 0 Å². The molecular weight excluding hydrogens is 314 g/mol. The summed E-state index contributed by atoms with van der Waals surface area (Å²) in [6, 6.07) is 12.3. The second kappa shape index (κ2) is 11.3. The lowest BCUT2D eigenvalue weighted by Gasteiger charge is -2.08. The van der Waals surface area contributed by atoms with Crippen LogP contribution in [0.25, 0.3) is 0 Å². The molecule has 1 N–H and O–H groups in total. The molecule has 2 rings (SSSR count). The van der Waals surface area contributed by atoms with Crippen LogP contribution in [0.3, 0.4) is 0 Å². The van der Waals surface area contributed by atoms with Crippen molar-refractivity contribution >= 4 is 11.7 Å². The van der Waals surface area contributed by atoms with Crippen LogP contribution in [0.15, 0.2) is 47.1 Å². The van der Waals surface area contributed by atoms with Gasteiger partial charge in [0.1, 0.15) is 5.76 Å². The minimum atomic E-state index is -0.128. The molecule has 0 aliphatic rings. The van der Waals surface area contributed by atoms with E-state index in [1.165, 1.54) is 25.7 Å². The Balaban J connectivity index is 1.53. The first-order valence-electron chi connectivity index (χ1n) is 9.28. The third kappa shape index (κ3) is 7.92. The third-order valence-corrected chi connectivity index (χ3v) is 4.14. The van der Waals surface area contributed by atoms with Crippen molar-refractivity contribution in [3.05, 3.63) is 54.0 Å². The van der Waals surface area contributed by atoms with Crippen molar-refractivity contribution in [2.24, 2.45) is 0 Å². The second-order valence-electron chi connectivity index (χ2n) is 6.17. The molecule has 1 heterocycles. The summed E-state index contributed by atoms with van der Waals surface area (Å²) < 4.78 is 10.3. The highest BCUT2D eigenvalue weighted by Crippen LogP contribution is 2.12. The number of nitrogens with one attached hydrogen (secondary N) is 1. The summed E-state index contributed by atoms with van der Waals surface area (Å²) >= 11 is 0. The summed E-state index contributed by atoms with van der Waals surface area (Å²) in [5.74, 6) is 0.956. The molecule has 0 aliphatic heterocycles. The van der Waals surface area contributed by atoms with Crippen molar-refractivity contribution in [3.8, 4) is 0 Å². The first kappa shape index (κ1) is 19.1. The molecule has 136 valence electrons. The lowest BCUT2D eigenvalue weighted by atomic mass is 10.1. The van der Waals surface area contributed by atoms with E-state index in [-0.39, 0.29) is 5.97 Å². The zero-order valence-corrected chi connectivity index (χ0v) is 15.1. The van der Waals surface area contributed by atoms with Crippen molar-refractivity contribution in [3.63, 3.8) is 0 Å². The van der Waals surface area contributed by atoms with Gasteiger partial charge >= 0.3 is 5.97 Å². The maximum atomic E-state index is 11.4. The van der Waals surface area contributed by atoms with Crippen molar-refractivity contribution in [2.75, 3.05) is 18.5 Å². The number of aryl methyl sites for hydroxylation is 2. The van der Waals surface area contributed by atoms with Gasteiger partial charge in [0.25, 0.3) is 0 Å². The number of ether oxygens (including phenoxy) is 1. The Hall–Kier alpha value is -2.23. The Morgan fingerprint density at radius 2 is 1.84 bits per heavy atom. The molecule has 0 amide bonds. The van der Waals surface area contributed by atoms with E-state index in [9.17, 15) is 4.79 Å². The highest BCUT2D eigenvalue weighted by molar-refractivity contribution is 5.69. The standard InChI is InChI=1S/C21H29NO3/c1-2-24-21(23)15-12-18-10-13-19(14-11-18)22-16-6-4-3-5-8-20-9-7-17-25-20/h7,9-11,13-14,17,22H,2-6,8,12,15-16H2,1H3. The van der Waals surface area contributed by atoms with Crippen molar-refractivity contribution < 1.29 is 13.9 Å². The van der Waals surface area contributed by atoms with Crippen LogP contribution < -0.4 is 5.32 Å². The fourth-order valence-corrected chi connectivity index (χ4v) is 2.73. The number of benzene rings is 1. The zero-order valence-electron chi connectivity index (χ0n) is 15.1. The van der Waals surface area contributed by atoms with E-state index in [4.69, 9.17) is 9.15 Å². The summed E-state index contributed by atoms with van der Waals surface area (Å²) in [5, 5.41) is 3.45. The molecule has 0 bridgehead atoms. The van der Waals surface area contributed by atoms with Crippen molar-refractivity contribution in [2.45, 2.75) is 51.9 Å². The monoisotopic (exact) mass is 343 g/mol. The number of carbonyl (C=O) groups excluding carboxylic acids is 1. The number of furan rings is 1. The first-order valence-corrected chi connectivity index (χ1v) is 9.28. The van der Waals surface area contributed by atoms with Gasteiger partial charge in [-0.15, -0.1) is 0 Å². The van der Waals surface area contributed by atoms with E-state index in [1.807, 2.05) is 19.1 Å². The zero-order chi connectivity index (χ0) is 17.7. The first-order chi connectivity index (χ1) is 12.3. The fraction of sp³-hybridized carbons (Fsp3) is 0.476. The highest BCUT2D eigenvalue weighted by atomic mass is 16.5. The van der Waals surface area contributed by atoms with Crippen molar-refractivity contribution in [1.29, 1.82) is 0 Å². The topological polar surface area (TPSA) is 51.5 Å². The molecule has 1 aromatic heterocycles. The van der Waals surface area contributed by atoms with Crippen LogP contribution in [-0.2, 0) is 22.4 Å². The summed E-state index contributed by atoms with van der Waals surface area (Å²) in [7, 11) is 0. The summed E-state index contributed by atoms with van der Waals surface area (Å²) in [6.45, 7) is 3.27. The quantitative estimate of drug-likeness (QED) is 0.436. The number of carbonyl (C=O) groups is 1. The molecule has 0 spiro atoms. The van der Waals surface area contributed by atoms with Gasteiger partial charge in [0.05, 0.1) is 12.9 Å². The smallest absolute Gasteiger partial charge is 0.306 e. The fourth-order valence-electron chi connectivity index (χ4n) is 2.73. The molecule has 0 radical (unpaired) electrons. The Morgan fingerprint density at radius 1 is 1.04 bits per heavy atom. The van der Waals surface area contributed by atoms with Gasteiger partial charge in [-0.3, -0.25) is 4.79 Å². The van der Waals surface area contributed by atoms with Gasteiger partial charge in [-0.05, 0) is 56.0 Å². The van der Waals surface area contributed by atoms with Crippen molar-refractivity contribution in [1.82, 2.24) is 0 Å². The predicted octanol–water partition coefficient (Wildman–Crippen LogP) is 4.99. The maximum Gasteiger partial charge on any atom is 0.306 e.